The van der Waals surface area contributed by atoms with E-state index in [1.165, 1.54) is 23.3 Å². The van der Waals surface area contributed by atoms with Crippen molar-refractivity contribution in [1.29, 1.82) is 0 Å². The van der Waals surface area contributed by atoms with Gasteiger partial charge in [0.2, 0.25) is 5.91 Å². The first-order valence-corrected chi connectivity index (χ1v) is 20.0. The molecule has 11 heteroatoms. The number of halogens is 2. The van der Waals surface area contributed by atoms with E-state index in [2.05, 4.69) is 32.2 Å². The molecule has 5 atom stereocenters. The Hall–Kier alpha value is -3.73. The van der Waals surface area contributed by atoms with E-state index in [4.69, 9.17) is 21.1 Å². The molecule has 2 aliphatic carbocycles. The number of anilines is 1. The number of nitrogens with one attached hydrogen (secondary N) is 1. The fraction of sp³-hybridized carbons (Fsp3) is 0.450. The lowest BCUT2D eigenvalue weighted by atomic mass is 9.68. The van der Waals surface area contributed by atoms with E-state index in [0.29, 0.717) is 50.0 Å². The molecule has 0 radical (unpaired) electrons. The Kier molecular flexibility index (Phi) is 10.6. The highest BCUT2D eigenvalue weighted by Crippen LogP contribution is 2.47. The number of rotatable bonds is 5. The zero-order valence-corrected chi connectivity index (χ0v) is 30.5. The number of benzene rings is 3. The van der Waals surface area contributed by atoms with Crippen LogP contribution in [0.3, 0.4) is 0 Å². The van der Waals surface area contributed by atoms with Crippen molar-refractivity contribution >= 4 is 39.0 Å². The predicted molar refractivity (Wildman–Crippen MR) is 198 cm³/mol. The van der Waals surface area contributed by atoms with E-state index in [1.807, 2.05) is 24.3 Å². The Morgan fingerprint density at radius 2 is 1.98 bits per heavy atom. The molecule has 8 nitrogen and oxygen atoms in total. The van der Waals surface area contributed by atoms with Crippen LogP contribution in [0.4, 0.5) is 10.1 Å². The summed E-state index contributed by atoms with van der Waals surface area (Å²) in [6, 6.07) is 17.4. The van der Waals surface area contributed by atoms with Gasteiger partial charge < -0.3 is 14.4 Å². The highest BCUT2D eigenvalue weighted by Gasteiger charge is 2.44. The smallest absolute Gasteiger partial charge is 0.286 e. The Bertz CT molecular complexity index is 1940. The minimum atomic E-state index is -3.46. The number of nitrogens with zero attached hydrogens (tertiary/aromatic N) is 2. The molecule has 1 N–H and O–H groups in total. The van der Waals surface area contributed by atoms with Crippen LogP contribution in [0.15, 0.2) is 77.2 Å². The van der Waals surface area contributed by atoms with Crippen LogP contribution < -0.4 is 14.4 Å². The Morgan fingerprint density at radius 3 is 2.76 bits per heavy atom. The van der Waals surface area contributed by atoms with E-state index >= 15 is 0 Å². The van der Waals surface area contributed by atoms with Crippen LogP contribution in [0.2, 0.25) is 5.02 Å². The maximum absolute atomic E-state index is 14.2. The summed E-state index contributed by atoms with van der Waals surface area (Å²) in [6.45, 7) is 1.98. The number of carbonyl (C=O) groups excluding carboxylic acids is 2. The molecule has 51 heavy (non-hydrogen) atoms. The maximum Gasteiger partial charge on any atom is 0.286 e. The number of amides is 2. The number of methoxy groups -OCH3 is 1. The van der Waals surface area contributed by atoms with Crippen molar-refractivity contribution < 1.29 is 27.7 Å². The molecule has 7 rings (SSSR count). The Morgan fingerprint density at radius 1 is 1.14 bits per heavy atom. The minimum Gasteiger partial charge on any atom is -0.490 e. The van der Waals surface area contributed by atoms with Gasteiger partial charge in [0.05, 0.1) is 24.2 Å². The number of ether oxygens (including phenoxy) is 2. The zero-order chi connectivity index (χ0) is 35.6. The van der Waals surface area contributed by atoms with Crippen molar-refractivity contribution in [3.05, 3.63) is 106 Å². The topological polar surface area (TPSA) is 97.3 Å². The summed E-state index contributed by atoms with van der Waals surface area (Å²) in [4.78, 5) is 29.3. The van der Waals surface area contributed by atoms with Gasteiger partial charge in [0.25, 0.3) is 5.91 Å². The molecule has 1 spiro atoms. The van der Waals surface area contributed by atoms with Crippen molar-refractivity contribution in [1.82, 2.24) is 4.72 Å². The largest absolute Gasteiger partial charge is 0.490 e. The molecule has 3 aromatic rings. The molecule has 2 bridgehead atoms. The minimum absolute atomic E-state index is 0.0151. The Balaban J connectivity index is 1.23. The standard InChI is InChI=1S/C40H45ClFN3O5S/c1-49-36-7-3-2-4-21-51(48,43-38(46)19-10-27-8-14-32(42)15-9-27)44-39(47)29-12-18-37-35(23-29)45(24-30-11-16-33(30)36)25-40(26-50-37)20-5-6-28-22-31(41)13-17-34(28)40/h3,7-9,12-15,17-18,22-23,30,33,36H,2,4-6,10-11,16,19-21,24-26H2,1H3,(H,43,44,46,47,48)/b7-3+/t30-,33+,36-,40-,51+/m0/s1. The third kappa shape index (κ3) is 7.88. The first kappa shape index (κ1) is 35.7. The number of fused-ring (bicyclic) bond motifs is 4. The van der Waals surface area contributed by atoms with Gasteiger partial charge in [-0.25, -0.2) is 8.60 Å². The average molecular weight is 734 g/mol. The first-order chi connectivity index (χ1) is 24.6. The molecule has 0 saturated heterocycles. The van der Waals surface area contributed by atoms with Gasteiger partial charge >= 0.3 is 0 Å². The predicted octanol–water partition coefficient (Wildman–Crippen LogP) is 7.62. The highest BCUT2D eigenvalue weighted by atomic mass is 35.5. The fourth-order valence-corrected chi connectivity index (χ4v) is 10.1. The van der Waals surface area contributed by atoms with E-state index in [0.717, 1.165) is 54.9 Å². The second-order valence-electron chi connectivity index (χ2n) is 14.5. The molecule has 270 valence electrons. The van der Waals surface area contributed by atoms with Crippen molar-refractivity contribution in [2.45, 2.75) is 69.3 Å². The molecule has 2 amide bonds. The van der Waals surface area contributed by atoms with Gasteiger partial charge in [0, 0.05) is 42.6 Å². The van der Waals surface area contributed by atoms with Crippen molar-refractivity contribution in [2.24, 2.45) is 16.2 Å². The molecule has 2 aliphatic heterocycles. The molecular formula is C40H45ClFN3O5S. The van der Waals surface area contributed by atoms with E-state index in [9.17, 15) is 18.2 Å². The van der Waals surface area contributed by atoms with Crippen LogP contribution in [-0.2, 0) is 37.7 Å². The molecular weight excluding hydrogens is 689 g/mol. The lowest BCUT2D eigenvalue weighted by Crippen LogP contribution is -2.49. The highest BCUT2D eigenvalue weighted by molar-refractivity contribution is 7.92. The van der Waals surface area contributed by atoms with Gasteiger partial charge in [-0.3, -0.25) is 14.3 Å². The number of hydrogen-bond acceptors (Lipinski definition) is 6. The van der Waals surface area contributed by atoms with Gasteiger partial charge in [0.15, 0.2) is 0 Å². The third-order valence-corrected chi connectivity index (χ3v) is 13.2. The maximum atomic E-state index is 14.2. The lowest BCUT2D eigenvalue weighted by Gasteiger charge is -2.46. The number of hydrogen-bond donors (Lipinski definition) is 1. The molecule has 3 aromatic carbocycles. The summed E-state index contributed by atoms with van der Waals surface area (Å²) < 4.78 is 47.1. The molecule has 0 unspecified atom stereocenters. The number of aryl methyl sites for hydroxylation is 2. The lowest BCUT2D eigenvalue weighted by molar-refractivity contribution is -0.119. The van der Waals surface area contributed by atoms with Crippen molar-refractivity contribution in [2.75, 3.05) is 37.5 Å². The van der Waals surface area contributed by atoms with E-state index in [1.54, 1.807) is 25.3 Å². The van der Waals surface area contributed by atoms with Crippen LogP contribution in [0.5, 0.6) is 5.75 Å². The molecule has 1 saturated carbocycles. The monoisotopic (exact) mass is 733 g/mol. The molecule has 4 aliphatic rings. The van der Waals surface area contributed by atoms with Gasteiger partial charge in [-0.2, -0.15) is 0 Å². The first-order valence-electron chi connectivity index (χ1n) is 18.0. The average Bonchev–Trinajstić information content (AvgIpc) is 3.25. The van der Waals surface area contributed by atoms with Crippen molar-refractivity contribution in [3.63, 3.8) is 0 Å². The third-order valence-electron chi connectivity index (χ3n) is 11.1. The molecule has 1 fully saturated rings. The summed E-state index contributed by atoms with van der Waals surface area (Å²) in [7, 11) is -1.71. The Labute approximate surface area is 305 Å². The zero-order valence-electron chi connectivity index (χ0n) is 29.0. The molecule has 0 aromatic heterocycles. The van der Waals surface area contributed by atoms with Crippen LogP contribution in [0.1, 0.15) is 72.0 Å². The van der Waals surface area contributed by atoms with Crippen LogP contribution in [0.25, 0.3) is 0 Å². The van der Waals surface area contributed by atoms with E-state index in [-0.39, 0.29) is 35.1 Å². The summed E-state index contributed by atoms with van der Waals surface area (Å²) in [6.07, 6.45) is 10.6. The molecule has 2 heterocycles. The number of carbonyl (C=O) groups is 2. The summed E-state index contributed by atoms with van der Waals surface area (Å²) in [5.74, 6) is -0.0596. The second kappa shape index (κ2) is 15.1. The SMILES string of the molecule is CO[C@H]1/C=C/CCC[S@@](=O)(NC(=O)CCc2ccc(F)cc2)=NC(=O)c2ccc3c(c2)N(C[C@@H]2CC[C@H]21)C[C@@]1(CCCc2cc(Cl)ccc21)CO3. The second-order valence-corrected chi connectivity index (χ2v) is 17.0. The number of allylic oxidation sites excluding steroid dienone is 1. The van der Waals surface area contributed by atoms with Gasteiger partial charge in [-0.15, -0.1) is 4.36 Å². The van der Waals surface area contributed by atoms with Crippen molar-refractivity contribution in [3.8, 4) is 5.75 Å². The normalized spacial score (nSPS) is 28.3. The van der Waals surface area contributed by atoms with Gasteiger partial charge in [-0.05, 0) is 122 Å². The van der Waals surface area contributed by atoms with Crippen LogP contribution in [-0.4, -0.2) is 54.7 Å². The summed E-state index contributed by atoms with van der Waals surface area (Å²) in [5, 5.41) is 0.733. The fourth-order valence-electron chi connectivity index (χ4n) is 8.25. The van der Waals surface area contributed by atoms with E-state index < -0.39 is 21.7 Å². The van der Waals surface area contributed by atoms with Crippen LogP contribution in [0, 0.1) is 17.7 Å². The summed E-state index contributed by atoms with van der Waals surface area (Å²) in [5.41, 5.74) is 4.13. The van der Waals surface area contributed by atoms with Gasteiger partial charge in [0.1, 0.15) is 21.5 Å². The van der Waals surface area contributed by atoms with Crippen LogP contribution >= 0.6 is 11.6 Å². The summed E-state index contributed by atoms with van der Waals surface area (Å²) >= 11 is 6.44. The van der Waals surface area contributed by atoms with Gasteiger partial charge in [-0.1, -0.05) is 42.0 Å². The quantitative estimate of drug-likeness (QED) is 0.271.